The van der Waals surface area contributed by atoms with Crippen LogP contribution in [-0.2, 0) is 13.5 Å². The van der Waals surface area contributed by atoms with Gasteiger partial charge in [0.2, 0.25) is 5.95 Å². The molecule has 1 aromatic carbocycles. The van der Waals surface area contributed by atoms with Gasteiger partial charge in [-0.1, -0.05) is 32.4 Å². The number of benzene rings is 1. The number of aromatic nitrogens is 4. The summed E-state index contributed by atoms with van der Waals surface area (Å²) in [4.78, 5) is 23.9. The summed E-state index contributed by atoms with van der Waals surface area (Å²) in [6.07, 6.45) is 10.8. The fourth-order valence-corrected chi connectivity index (χ4v) is 5.28. The molecule has 0 bridgehead atoms. The molecular formula is C27H35N7O. The number of nitrogens with zero attached hydrogens (tertiary/aromatic N) is 5. The van der Waals surface area contributed by atoms with E-state index in [0.29, 0.717) is 17.8 Å². The van der Waals surface area contributed by atoms with Gasteiger partial charge in [0.1, 0.15) is 0 Å². The van der Waals surface area contributed by atoms with Gasteiger partial charge >= 0.3 is 6.03 Å². The van der Waals surface area contributed by atoms with Crippen LogP contribution in [0, 0.1) is 11.8 Å². The number of carbonyl (C=O) groups excluding carboxylic acids is 1. The molecule has 1 fully saturated rings. The summed E-state index contributed by atoms with van der Waals surface area (Å²) >= 11 is 0. The lowest BCUT2D eigenvalue weighted by Gasteiger charge is -2.40. The van der Waals surface area contributed by atoms with Crippen molar-refractivity contribution in [1.82, 2.24) is 30.0 Å². The molecule has 35 heavy (non-hydrogen) atoms. The lowest BCUT2D eigenvalue weighted by Crippen LogP contribution is -2.54. The number of urea groups is 1. The Labute approximate surface area is 207 Å². The van der Waals surface area contributed by atoms with Crippen molar-refractivity contribution in [3.63, 3.8) is 0 Å². The Morgan fingerprint density at radius 3 is 2.83 bits per heavy atom. The molecule has 1 aliphatic carbocycles. The number of likely N-dealkylation sites (tertiary alicyclic amines) is 1. The second-order valence-corrected chi connectivity index (χ2v) is 10.4. The molecule has 3 heterocycles. The summed E-state index contributed by atoms with van der Waals surface area (Å²) in [6, 6.07) is 8.60. The van der Waals surface area contributed by atoms with Gasteiger partial charge in [-0.05, 0) is 60.8 Å². The first kappa shape index (κ1) is 23.3. The molecule has 1 unspecified atom stereocenters. The van der Waals surface area contributed by atoms with Crippen molar-refractivity contribution in [3.05, 3.63) is 54.0 Å². The number of hydrogen-bond donors (Lipinski definition) is 2. The van der Waals surface area contributed by atoms with Gasteiger partial charge in [-0.15, -0.1) is 0 Å². The number of anilines is 2. The summed E-state index contributed by atoms with van der Waals surface area (Å²) < 4.78 is 1.74. The molecule has 2 aliphatic rings. The molecule has 0 spiro atoms. The van der Waals surface area contributed by atoms with Gasteiger partial charge in [0.15, 0.2) is 0 Å². The van der Waals surface area contributed by atoms with Crippen LogP contribution in [-0.4, -0.2) is 43.8 Å². The van der Waals surface area contributed by atoms with E-state index in [1.807, 2.05) is 24.2 Å². The summed E-state index contributed by atoms with van der Waals surface area (Å²) in [5, 5.41) is 10.7. The van der Waals surface area contributed by atoms with Crippen molar-refractivity contribution < 1.29 is 4.79 Å². The van der Waals surface area contributed by atoms with Gasteiger partial charge in [-0.25, -0.2) is 14.8 Å². The van der Waals surface area contributed by atoms with E-state index in [1.165, 1.54) is 17.5 Å². The van der Waals surface area contributed by atoms with Crippen LogP contribution in [0.2, 0.25) is 0 Å². The van der Waals surface area contributed by atoms with E-state index in [4.69, 9.17) is 4.98 Å². The zero-order valence-electron chi connectivity index (χ0n) is 20.9. The van der Waals surface area contributed by atoms with Crippen molar-refractivity contribution in [2.45, 2.75) is 52.0 Å². The normalized spacial score (nSPS) is 18.1. The Kier molecular flexibility index (Phi) is 6.70. The third-order valence-corrected chi connectivity index (χ3v) is 6.97. The maximum atomic E-state index is 12.9. The van der Waals surface area contributed by atoms with Gasteiger partial charge < -0.3 is 15.5 Å². The number of rotatable bonds is 6. The smallest absolute Gasteiger partial charge is 0.317 e. The van der Waals surface area contributed by atoms with E-state index in [2.05, 4.69) is 52.8 Å². The molecule has 8 heteroatoms. The quantitative estimate of drug-likeness (QED) is 0.488. The summed E-state index contributed by atoms with van der Waals surface area (Å²) in [7, 11) is 1.88. The van der Waals surface area contributed by atoms with Crippen LogP contribution in [0.1, 0.15) is 56.7 Å². The highest BCUT2D eigenvalue weighted by molar-refractivity contribution is 5.76. The third-order valence-electron chi connectivity index (χ3n) is 6.97. The molecular weight excluding hydrogens is 438 g/mol. The first-order valence-electron chi connectivity index (χ1n) is 12.7. The highest BCUT2D eigenvalue weighted by Gasteiger charge is 2.32. The standard InChI is InChI=1S/C27H35N7O/c1-18(2)12-19-15-34(16-19)27(35)32-25-7-5-4-6-20-13-21(8-9-23(20)25)24-10-11-28-26(31-24)30-22-14-29-33(3)17-22/h8-11,13-14,17-19,25H,4-7,12,15-16H2,1-3H3,(H,32,35)(H,28,30,31). The Morgan fingerprint density at radius 1 is 1.20 bits per heavy atom. The zero-order chi connectivity index (χ0) is 24.4. The highest BCUT2D eigenvalue weighted by atomic mass is 16.2. The van der Waals surface area contributed by atoms with Gasteiger partial charge in [0.25, 0.3) is 0 Å². The van der Waals surface area contributed by atoms with Crippen LogP contribution in [0.25, 0.3) is 11.3 Å². The molecule has 1 aliphatic heterocycles. The van der Waals surface area contributed by atoms with E-state index < -0.39 is 0 Å². The summed E-state index contributed by atoms with van der Waals surface area (Å²) in [5.74, 6) is 1.88. The molecule has 1 saturated heterocycles. The van der Waals surface area contributed by atoms with Gasteiger partial charge in [0, 0.05) is 38.1 Å². The second kappa shape index (κ2) is 10.1. The maximum Gasteiger partial charge on any atom is 0.317 e. The second-order valence-electron chi connectivity index (χ2n) is 10.4. The molecule has 2 aromatic heterocycles. The number of hydrogen-bond acceptors (Lipinski definition) is 5. The van der Waals surface area contributed by atoms with E-state index >= 15 is 0 Å². The molecule has 5 rings (SSSR count). The van der Waals surface area contributed by atoms with Crippen molar-refractivity contribution in [3.8, 4) is 11.3 Å². The Hall–Kier alpha value is -3.42. The van der Waals surface area contributed by atoms with E-state index in [1.54, 1.807) is 17.1 Å². The minimum absolute atomic E-state index is 0.0615. The van der Waals surface area contributed by atoms with Gasteiger partial charge in [-0.3, -0.25) is 4.68 Å². The van der Waals surface area contributed by atoms with Crippen molar-refractivity contribution in [2.24, 2.45) is 18.9 Å². The molecule has 0 radical (unpaired) electrons. The SMILES string of the molecule is CC(C)CC1CN(C(=O)NC2CCCCc3cc(-c4ccnc(Nc5cnn(C)c5)n4)ccc32)C1. The molecule has 8 nitrogen and oxygen atoms in total. The first-order valence-corrected chi connectivity index (χ1v) is 12.7. The van der Waals surface area contributed by atoms with Crippen LogP contribution in [0.5, 0.6) is 0 Å². The fraction of sp³-hybridized carbons (Fsp3) is 0.481. The first-order chi connectivity index (χ1) is 16.9. The number of aryl methyl sites for hydroxylation is 2. The number of carbonyl (C=O) groups is 1. The van der Waals surface area contributed by atoms with E-state index in [9.17, 15) is 4.79 Å². The molecule has 0 saturated carbocycles. The average Bonchev–Trinajstić information content (AvgIpc) is 3.11. The maximum absolute atomic E-state index is 12.9. The minimum atomic E-state index is 0.0615. The van der Waals surface area contributed by atoms with E-state index in [0.717, 1.165) is 55.7 Å². The molecule has 184 valence electrons. The monoisotopic (exact) mass is 473 g/mol. The Morgan fingerprint density at radius 2 is 2.06 bits per heavy atom. The van der Waals surface area contributed by atoms with Crippen molar-refractivity contribution >= 4 is 17.7 Å². The van der Waals surface area contributed by atoms with Crippen LogP contribution in [0.3, 0.4) is 0 Å². The predicted molar refractivity (Wildman–Crippen MR) is 137 cm³/mol. The Bertz CT molecular complexity index is 1180. The summed E-state index contributed by atoms with van der Waals surface area (Å²) in [6.45, 7) is 6.26. The lowest BCUT2D eigenvalue weighted by molar-refractivity contribution is 0.105. The molecule has 2 N–H and O–H groups in total. The largest absolute Gasteiger partial charge is 0.331 e. The third kappa shape index (κ3) is 5.47. The van der Waals surface area contributed by atoms with Crippen LogP contribution in [0.4, 0.5) is 16.4 Å². The van der Waals surface area contributed by atoms with Gasteiger partial charge in [0.05, 0.1) is 23.6 Å². The highest BCUT2D eigenvalue weighted by Crippen LogP contribution is 2.33. The summed E-state index contributed by atoms with van der Waals surface area (Å²) in [5.41, 5.74) is 5.32. The Balaban J connectivity index is 1.29. The lowest BCUT2D eigenvalue weighted by atomic mass is 9.90. The fourth-order valence-electron chi connectivity index (χ4n) is 5.28. The molecule has 3 aromatic rings. The zero-order valence-corrected chi connectivity index (χ0v) is 20.9. The van der Waals surface area contributed by atoms with Crippen molar-refractivity contribution in [2.75, 3.05) is 18.4 Å². The van der Waals surface area contributed by atoms with Crippen LogP contribution < -0.4 is 10.6 Å². The number of amides is 2. The minimum Gasteiger partial charge on any atom is -0.331 e. The molecule has 1 atom stereocenters. The predicted octanol–water partition coefficient (Wildman–Crippen LogP) is 5.08. The topological polar surface area (TPSA) is 88.0 Å². The van der Waals surface area contributed by atoms with Crippen molar-refractivity contribution in [1.29, 1.82) is 0 Å². The van der Waals surface area contributed by atoms with Crippen LogP contribution in [0.15, 0.2) is 42.9 Å². The molecule has 2 amide bonds. The van der Waals surface area contributed by atoms with E-state index in [-0.39, 0.29) is 12.1 Å². The van der Waals surface area contributed by atoms with Gasteiger partial charge in [-0.2, -0.15) is 5.10 Å². The van der Waals surface area contributed by atoms with Crippen LogP contribution >= 0.6 is 0 Å². The average molecular weight is 474 g/mol. The number of nitrogens with one attached hydrogen (secondary N) is 2. The number of fused-ring (bicyclic) bond motifs is 1.